The number of hydrogen-bond donors (Lipinski definition) is 0. The quantitative estimate of drug-likeness (QED) is 0.767. The van der Waals surface area contributed by atoms with Crippen LogP contribution in [0.4, 0.5) is 13.2 Å². The van der Waals surface area contributed by atoms with Crippen molar-refractivity contribution in [1.29, 1.82) is 5.26 Å². The van der Waals surface area contributed by atoms with E-state index in [2.05, 4.69) is 13.0 Å². The molecule has 0 aromatic rings. The minimum absolute atomic E-state index is 0.250. The van der Waals surface area contributed by atoms with E-state index in [0.29, 0.717) is 12.3 Å². The smallest absolute Gasteiger partial charge is 0.294 e. The highest BCUT2D eigenvalue weighted by Gasteiger charge is 2.37. The second kappa shape index (κ2) is 5.72. The molecule has 2 nitrogen and oxygen atoms in total. The molecule has 0 aromatic heterocycles. The minimum Gasteiger partial charge on any atom is -0.294 e. The van der Waals surface area contributed by atoms with E-state index in [1.54, 1.807) is 0 Å². The Morgan fingerprint density at radius 2 is 2.00 bits per heavy atom. The molecule has 98 valence electrons. The standard InChI is InChI=1S/C12H19F3N2/c1-3-9-4-5-10(7-16)11(6-9)17(2)8-12(13,14)15/h9-11H,3-6,8H2,1-2H3. The van der Waals surface area contributed by atoms with Crippen molar-refractivity contribution in [1.82, 2.24) is 4.90 Å². The van der Waals surface area contributed by atoms with Crippen LogP contribution in [0.2, 0.25) is 0 Å². The maximum absolute atomic E-state index is 12.3. The van der Waals surface area contributed by atoms with Gasteiger partial charge in [0.1, 0.15) is 0 Å². The van der Waals surface area contributed by atoms with Gasteiger partial charge in [-0.2, -0.15) is 18.4 Å². The monoisotopic (exact) mass is 248 g/mol. The Morgan fingerprint density at radius 3 is 2.47 bits per heavy atom. The fraction of sp³-hybridized carbons (Fsp3) is 0.917. The first kappa shape index (κ1) is 14.3. The summed E-state index contributed by atoms with van der Waals surface area (Å²) in [5.74, 6) is 0.199. The predicted molar refractivity (Wildman–Crippen MR) is 59.2 cm³/mol. The summed E-state index contributed by atoms with van der Waals surface area (Å²) in [5.41, 5.74) is 0. The lowest BCUT2D eigenvalue weighted by Crippen LogP contribution is -2.45. The van der Waals surface area contributed by atoms with Crippen molar-refractivity contribution in [2.45, 2.75) is 44.8 Å². The van der Waals surface area contributed by atoms with Gasteiger partial charge in [0.25, 0.3) is 0 Å². The Labute approximate surface area is 100 Å². The maximum Gasteiger partial charge on any atom is 0.401 e. The topological polar surface area (TPSA) is 27.0 Å². The van der Waals surface area contributed by atoms with E-state index >= 15 is 0 Å². The van der Waals surface area contributed by atoms with Crippen LogP contribution in [0.25, 0.3) is 0 Å². The van der Waals surface area contributed by atoms with Crippen molar-refractivity contribution in [3.05, 3.63) is 0 Å². The van der Waals surface area contributed by atoms with Gasteiger partial charge in [-0.25, -0.2) is 0 Å². The lowest BCUT2D eigenvalue weighted by Gasteiger charge is -2.38. The first-order chi connectivity index (χ1) is 7.87. The molecule has 0 radical (unpaired) electrons. The van der Waals surface area contributed by atoms with Crippen molar-refractivity contribution in [3.8, 4) is 6.07 Å². The van der Waals surface area contributed by atoms with Crippen LogP contribution < -0.4 is 0 Å². The fourth-order valence-corrected chi connectivity index (χ4v) is 2.64. The maximum atomic E-state index is 12.3. The summed E-state index contributed by atoms with van der Waals surface area (Å²) in [6.07, 6.45) is -0.809. The number of alkyl halides is 3. The van der Waals surface area contributed by atoms with Crippen molar-refractivity contribution in [2.75, 3.05) is 13.6 Å². The first-order valence-electron chi connectivity index (χ1n) is 6.04. The number of nitriles is 1. The van der Waals surface area contributed by atoms with Gasteiger partial charge in [0.2, 0.25) is 0 Å². The van der Waals surface area contributed by atoms with Gasteiger partial charge in [-0.3, -0.25) is 4.90 Å². The third kappa shape index (κ3) is 4.19. The second-order valence-electron chi connectivity index (χ2n) is 4.92. The number of nitrogens with zero attached hydrogens (tertiary/aromatic N) is 2. The van der Waals surface area contributed by atoms with Gasteiger partial charge < -0.3 is 0 Å². The van der Waals surface area contributed by atoms with Crippen LogP contribution >= 0.6 is 0 Å². The summed E-state index contributed by atoms with van der Waals surface area (Å²) >= 11 is 0. The van der Waals surface area contributed by atoms with Crippen LogP contribution in [-0.4, -0.2) is 30.7 Å². The molecule has 0 spiro atoms. The van der Waals surface area contributed by atoms with E-state index in [0.717, 1.165) is 19.3 Å². The van der Waals surface area contributed by atoms with Crippen molar-refractivity contribution in [2.24, 2.45) is 11.8 Å². The lowest BCUT2D eigenvalue weighted by atomic mass is 9.77. The van der Waals surface area contributed by atoms with Crippen molar-refractivity contribution >= 4 is 0 Å². The highest BCUT2D eigenvalue weighted by molar-refractivity contribution is 4.97. The highest BCUT2D eigenvalue weighted by atomic mass is 19.4. The SMILES string of the molecule is CCC1CCC(C#N)C(N(C)CC(F)(F)F)C1. The van der Waals surface area contributed by atoms with Gasteiger partial charge >= 0.3 is 6.18 Å². The molecule has 0 N–H and O–H groups in total. The van der Waals surface area contributed by atoms with Crippen LogP contribution in [-0.2, 0) is 0 Å². The summed E-state index contributed by atoms with van der Waals surface area (Å²) in [7, 11) is 1.47. The molecule has 1 fully saturated rings. The summed E-state index contributed by atoms with van der Waals surface area (Å²) < 4.78 is 37.0. The average Bonchev–Trinajstić information content (AvgIpc) is 2.25. The Bertz CT molecular complexity index is 282. The number of rotatable bonds is 3. The van der Waals surface area contributed by atoms with Crippen LogP contribution in [0.15, 0.2) is 0 Å². The first-order valence-corrected chi connectivity index (χ1v) is 6.04. The van der Waals surface area contributed by atoms with E-state index in [9.17, 15) is 13.2 Å². The van der Waals surface area contributed by atoms with Crippen molar-refractivity contribution < 1.29 is 13.2 Å². The van der Waals surface area contributed by atoms with Gasteiger partial charge in [-0.05, 0) is 32.2 Å². The van der Waals surface area contributed by atoms with Crippen molar-refractivity contribution in [3.63, 3.8) is 0 Å². The van der Waals surface area contributed by atoms with Gasteiger partial charge in [0, 0.05) is 6.04 Å². The third-order valence-corrected chi connectivity index (χ3v) is 3.66. The molecule has 0 heterocycles. The molecule has 3 unspecified atom stereocenters. The zero-order chi connectivity index (χ0) is 13.1. The second-order valence-corrected chi connectivity index (χ2v) is 4.92. The number of hydrogen-bond acceptors (Lipinski definition) is 2. The van der Waals surface area contributed by atoms with Crippen LogP contribution in [0.3, 0.4) is 0 Å². The highest BCUT2D eigenvalue weighted by Crippen LogP contribution is 2.34. The number of halogens is 3. The van der Waals surface area contributed by atoms with Gasteiger partial charge in [0.05, 0.1) is 18.5 Å². The normalized spacial score (nSPS) is 30.3. The van der Waals surface area contributed by atoms with Gasteiger partial charge in [-0.1, -0.05) is 13.3 Å². The van der Waals surface area contributed by atoms with Gasteiger partial charge in [-0.15, -0.1) is 0 Å². The Balaban J connectivity index is 2.66. The molecular weight excluding hydrogens is 229 g/mol. The molecule has 0 amide bonds. The summed E-state index contributed by atoms with van der Waals surface area (Å²) in [6, 6.07) is 1.91. The summed E-state index contributed by atoms with van der Waals surface area (Å²) in [4.78, 5) is 1.30. The molecule has 17 heavy (non-hydrogen) atoms. The van der Waals surface area contributed by atoms with Gasteiger partial charge in [0.15, 0.2) is 0 Å². The molecule has 1 aliphatic carbocycles. The molecule has 1 saturated carbocycles. The molecule has 0 aliphatic heterocycles. The molecule has 5 heteroatoms. The molecule has 0 bridgehead atoms. The Kier molecular flexibility index (Phi) is 4.81. The van der Waals surface area contributed by atoms with E-state index in [4.69, 9.17) is 5.26 Å². The predicted octanol–water partition coefficient (Wildman–Crippen LogP) is 3.20. The zero-order valence-electron chi connectivity index (χ0n) is 10.3. The lowest BCUT2D eigenvalue weighted by molar-refractivity contribution is -0.150. The molecule has 0 aromatic carbocycles. The molecule has 3 atom stereocenters. The van der Waals surface area contributed by atoms with E-state index < -0.39 is 12.7 Å². The van der Waals surface area contributed by atoms with E-state index in [1.165, 1.54) is 11.9 Å². The van der Waals surface area contributed by atoms with E-state index in [1.807, 2.05) is 0 Å². The molecule has 0 saturated heterocycles. The third-order valence-electron chi connectivity index (χ3n) is 3.66. The Hall–Kier alpha value is -0.760. The van der Waals surface area contributed by atoms with Crippen LogP contribution in [0.1, 0.15) is 32.6 Å². The van der Waals surface area contributed by atoms with Crippen LogP contribution in [0.5, 0.6) is 0 Å². The summed E-state index contributed by atoms with van der Waals surface area (Å²) in [6.45, 7) is 1.13. The average molecular weight is 248 g/mol. The fourth-order valence-electron chi connectivity index (χ4n) is 2.64. The largest absolute Gasteiger partial charge is 0.401 e. The zero-order valence-corrected chi connectivity index (χ0v) is 10.3. The minimum atomic E-state index is -4.19. The molecule has 1 rings (SSSR count). The van der Waals surface area contributed by atoms with Crippen LogP contribution in [0, 0.1) is 23.2 Å². The summed E-state index contributed by atoms with van der Waals surface area (Å²) in [5, 5.41) is 9.01. The van der Waals surface area contributed by atoms with E-state index in [-0.39, 0.29) is 12.0 Å². The molecule has 1 aliphatic rings. The Morgan fingerprint density at radius 1 is 1.35 bits per heavy atom. The molecular formula is C12H19F3N2.